The first-order valence-corrected chi connectivity index (χ1v) is 11.0. The Morgan fingerprint density at radius 1 is 1.26 bits per heavy atom. The number of piperazine rings is 1. The first-order chi connectivity index (χ1) is 12.9. The Morgan fingerprint density at radius 3 is 2.52 bits per heavy atom. The summed E-state index contributed by atoms with van der Waals surface area (Å²) in [6, 6.07) is 8.34. The minimum atomic E-state index is -3.70. The molecule has 0 spiro atoms. The summed E-state index contributed by atoms with van der Waals surface area (Å²) in [7, 11) is -3.70. The van der Waals surface area contributed by atoms with Crippen LogP contribution in [0.3, 0.4) is 0 Å². The van der Waals surface area contributed by atoms with Crippen molar-refractivity contribution in [3.63, 3.8) is 0 Å². The predicted molar refractivity (Wildman–Crippen MR) is 100 cm³/mol. The van der Waals surface area contributed by atoms with Crippen LogP contribution in [0.1, 0.15) is 38.2 Å². The van der Waals surface area contributed by atoms with Gasteiger partial charge in [0, 0.05) is 6.04 Å². The van der Waals surface area contributed by atoms with Crippen molar-refractivity contribution < 1.29 is 18.1 Å². The molecule has 0 radical (unpaired) electrons. The molecule has 1 aromatic rings. The van der Waals surface area contributed by atoms with Crippen LogP contribution in [0.5, 0.6) is 0 Å². The minimum absolute atomic E-state index is 0.0583. The Labute approximate surface area is 161 Å². The van der Waals surface area contributed by atoms with Crippen LogP contribution in [-0.2, 0) is 14.8 Å². The fourth-order valence-electron chi connectivity index (χ4n) is 3.95. The third kappa shape index (κ3) is 4.32. The lowest BCUT2D eigenvalue weighted by molar-refractivity contribution is -0.917. The van der Waals surface area contributed by atoms with Crippen LogP contribution in [0.4, 0.5) is 0 Å². The number of hydrogen-bond donors (Lipinski definition) is 2. The van der Waals surface area contributed by atoms with Crippen LogP contribution < -0.4 is 10.2 Å². The second kappa shape index (κ2) is 8.38. The Bertz CT molecular complexity index is 820. The lowest BCUT2D eigenvalue weighted by atomic mass is 10.2. The molecule has 0 unspecified atom stereocenters. The van der Waals surface area contributed by atoms with Crippen molar-refractivity contribution >= 4 is 15.9 Å². The van der Waals surface area contributed by atoms with Gasteiger partial charge in [-0.2, -0.15) is 9.57 Å². The summed E-state index contributed by atoms with van der Waals surface area (Å²) >= 11 is 0. The highest BCUT2D eigenvalue weighted by atomic mass is 32.2. The normalized spacial score (nSPS) is 20.9. The van der Waals surface area contributed by atoms with Gasteiger partial charge in [0.05, 0.1) is 36.6 Å². The molecule has 0 aromatic heterocycles. The van der Waals surface area contributed by atoms with Gasteiger partial charge in [-0.1, -0.05) is 25.0 Å². The number of hydrogen-bond acceptors (Lipinski definition) is 4. The van der Waals surface area contributed by atoms with Crippen molar-refractivity contribution in [1.29, 1.82) is 5.26 Å². The summed E-state index contributed by atoms with van der Waals surface area (Å²) in [6.07, 6.45) is 4.45. The van der Waals surface area contributed by atoms with E-state index in [0.717, 1.165) is 17.7 Å². The molecule has 0 bridgehead atoms. The molecule has 1 aromatic carbocycles. The number of amides is 1. The monoisotopic (exact) mass is 391 g/mol. The molecule has 3 rings (SSSR count). The molecule has 8 heteroatoms. The lowest BCUT2D eigenvalue weighted by Gasteiger charge is -2.34. The average molecular weight is 392 g/mol. The molecule has 146 valence electrons. The van der Waals surface area contributed by atoms with Gasteiger partial charge in [-0.3, -0.25) is 4.79 Å². The van der Waals surface area contributed by atoms with E-state index in [4.69, 9.17) is 0 Å². The highest BCUT2D eigenvalue weighted by molar-refractivity contribution is 7.89. The summed E-state index contributed by atoms with van der Waals surface area (Å²) in [6.45, 7) is 3.76. The van der Waals surface area contributed by atoms with Crippen LogP contribution in [0.15, 0.2) is 29.2 Å². The van der Waals surface area contributed by atoms with E-state index in [1.807, 2.05) is 13.0 Å². The van der Waals surface area contributed by atoms with E-state index >= 15 is 0 Å². The van der Waals surface area contributed by atoms with E-state index in [2.05, 4.69) is 5.32 Å². The Kier molecular flexibility index (Phi) is 6.15. The van der Waals surface area contributed by atoms with Crippen LogP contribution in [0.25, 0.3) is 0 Å². The molecular formula is C19H27N4O3S+. The predicted octanol–water partition coefficient (Wildman–Crippen LogP) is -0.105. The van der Waals surface area contributed by atoms with Gasteiger partial charge in [-0.05, 0) is 31.9 Å². The number of rotatable bonds is 5. The maximum absolute atomic E-state index is 12.9. The Balaban J connectivity index is 1.61. The SMILES string of the molecule is C[C@H](C(=O)NC1CCCC1)[NH+]1CCN(S(=O)(=O)c2ccccc2C#N)CC1. The maximum Gasteiger partial charge on any atom is 0.278 e. The molecule has 1 aliphatic carbocycles. The number of benzene rings is 1. The van der Waals surface area contributed by atoms with E-state index in [9.17, 15) is 18.5 Å². The van der Waals surface area contributed by atoms with Gasteiger partial charge in [0.1, 0.15) is 6.07 Å². The molecule has 1 atom stereocenters. The average Bonchev–Trinajstić information content (AvgIpc) is 3.20. The van der Waals surface area contributed by atoms with Crippen molar-refractivity contribution in [1.82, 2.24) is 9.62 Å². The third-order valence-corrected chi connectivity index (χ3v) is 7.65. The van der Waals surface area contributed by atoms with Crippen molar-refractivity contribution in [3.05, 3.63) is 29.8 Å². The summed E-state index contributed by atoms with van der Waals surface area (Å²) in [4.78, 5) is 13.6. The number of nitrogens with one attached hydrogen (secondary N) is 2. The number of nitriles is 1. The second-order valence-corrected chi connectivity index (χ2v) is 9.29. The zero-order chi connectivity index (χ0) is 19.4. The van der Waals surface area contributed by atoms with Gasteiger partial charge in [0.15, 0.2) is 6.04 Å². The molecule has 1 amide bonds. The lowest BCUT2D eigenvalue weighted by Crippen LogP contribution is -3.19. The van der Waals surface area contributed by atoms with Gasteiger partial charge in [0.25, 0.3) is 5.91 Å². The van der Waals surface area contributed by atoms with Crippen molar-refractivity contribution in [3.8, 4) is 6.07 Å². The zero-order valence-corrected chi connectivity index (χ0v) is 16.5. The molecule has 1 heterocycles. The van der Waals surface area contributed by atoms with Crippen molar-refractivity contribution in [2.45, 2.75) is 49.6 Å². The van der Waals surface area contributed by atoms with E-state index < -0.39 is 10.0 Å². The Hall–Kier alpha value is -1.95. The van der Waals surface area contributed by atoms with Crippen molar-refractivity contribution in [2.24, 2.45) is 0 Å². The number of sulfonamides is 1. The summed E-state index contributed by atoms with van der Waals surface area (Å²) in [5.41, 5.74) is 0.164. The summed E-state index contributed by atoms with van der Waals surface area (Å²) < 4.78 is 27.2. The number of nitrogens with zero attached hydrogens (tertiary/aromatic N) is 2. The van der Waals surface area contributed by atoms with E-state index in [1.54, 1.807) is 12.1 Å². The molecule has 2 aliphatic rings. The highest BCUT2D eigenvalue weighted by Crippen LogP contribution is 2.20. The number of quaternary nitrogens is 1. The van der Waals surface area contributed by atoms with Gasteiger partial charge >= 0.3 is 0 Å². The highest BCUT2D eigenvalue weighted by Gasteiger charge is 2.35. The zero-order valence-electron chi connectivity index (χ0n) is 15.6. The number of carbonyl (C=O) groups excluding carboxylic acids is 1. The topological polar surface area (TPSA) is 94.7 Å². The first kappa shape index (κ1) is 19.8. The molecule has 1 aliphatic heterocycles. The summed E-state index contributed by atoms with van der Waals surface area (Å²) in [5, 5.41) is 12.3. The molecule has 1 saturated heterocycles. The van der Waals surface area contributed by atoms with Crippen LogP contribution in [0.2, 0.25) is 0 Å². The molecule has 27 heavy (non-hydrogen) atoms. The van der Waals surface area contributed by atoms with Crippen molar-refractivity contribution in [2.75, 3.05) is 26.2 Å². The quantitative estimate of drug-likeness (QED) is 0.733. The van der Waals surface area contributed by atoms with Crippen LogP contribution in [-0.4, -0.2) is 56.9 Å². The van der Waals surface area contributed by atoms with E-state index in [-0.39, 0.29) is 22.4 Å². The van der Waals surface area contributed by atoms with Crippen LogP contribution in [0, 0.1) is 11.3 Å². The standard InChI is InChI=1S/C19H26N4O3S/c1-15(19(24)21-17-7-3-4-8-17)22-10-12-23(13-11-22)27(25,26)18-9-5-2-6-16(18)14-20/h2,5-6,9,15,17H,3-4,7-8,10-13H2,1H3,(H,21,24)/p+1/t15-/m1/s1. The molecule has 2 N–H and O–H groups in total. The fraction of sp³-hybridized carbons (Fsp3) is 0.579. The Morgan fingerprint density at radius 2 is 1.89 bits per heavy atom. The van der Waals surface area contributed by atoms with Gasteiger partial charge in [-0.15, -0.1) is 0 Å². The second-order valence-electron chi connectivity index (χ2n) is 7.38. The first-order valence-electron chi connectivity index (χ1n) is 9.57. The van der Waals surface area contributed by atoms with Crippen LogP contribution >= 0.6 is 0 Å². The largest absolute Gasteiger partial charge is 0.348 e. The summed E-state index contributed by atoms with van der Waals surface area (Å²) in [5.74, 6) is 0.0584. The smallest absolute Gasteiger partial charge is 0.278 e. The number of carbonyl (C=O) groups is 1. The molecular weight excluding hydrogens is 364 g/mol. The minimum Gasteiger partial charge on any atom is -0.348 e. The van der Waals surface area contributed by atoms with Gasteiger partial charge in [0.2, 0.25) is 10.0 Å². The van der Waals surface area contributed by atoms with E-state index in [0.29, 0.717) is 32.2 Å². The molecule has 2 fully saturated rings. The van der Waals surface area contributed by atoms with Gasteiger partial charge < -0.3 is 10.2 Å². The third-order valence-electron chi connectivity index (χ3n) is 5.70. The van der Waals surface area contributed by atoms with E-state index in [1.165, 1.54) is 29.3 Å². The molecule has 7 nitrogen and oxygen atoms in total. The fourth-order valence-corrected chi connectivity index (χ4v) is 5.54. The van der Waals surface area contributed by atoms with Gasteiger partial charge in [-0.25, -0.2) is 8.42 Å². The maximum atomic E-state index is 12.9. The molecule has 1 saturated carbocycles.